The molecule has 1 aromatic rings. The average Bonchev–Trinajstić information content (AvgIpc) is 2.19. The van der Waals surface area contributed by atoms with Crippen molar-refractivity contribution in [2.75, 3.05) is 0 Å². The van der Waals surface area contributed by atoms with Gasteiger partial charge in [-0.1, -0.05) is 29.4 Å². The summed E-state index contributed by atoms with van der Waals surface area (Å²) >= 11 is 7.84. The Morgan fingerprint density at radius 2 is 1.93 bits per heavy atom. The highest BCUT2D eigenvalue weighted by Gasteiger charge is 2.31. The van der Waals surface area contributed by atoms with Gasteiger partial charge in [0.05, 0.1) is 0 Å². The van der Waals surface area contributed by atoms with Gasteiger partial charge in [-0.25, -0.2) is 4.79 Å². The molecule has 7 heteroatoms. The van der Waals surface area contributed by atoms with Crippen LogP contribution in [0.25, 0.3) is 10.4 Å². The van der Waals surface area contributed by atoms with E-state index >= 15 is 0 Å². The third-order valence-electron chi connectivity index (χ3n) is 1.73. The zero-order valence-corrected chi connectivity index (χ0v) is 9.19. The van der Waals surface area contributed by atoms with E-state index in [0.717, 1.165) is 0 Å². The van der Waals surface area contributed by atoms with E-state index < -0.39 is 10.0 Å². The van der Waals surface area contributed by atoms with Crippen molar-refractivity contribution in [3.8, 4) is 0 Å². The molecule has 0 radical (unpaired) electrons. The van der Waals surface area contributed by atoms with E-state index in [1.54, 1.807) is 0 Å². The monoisotopic (exact) mass is 241 g/mol. The maximum atomic E-state index is 10.8. The van der Waals surface area contributed by atoms with E-state index in [2.05, 4.69) is 35.3 Å². The van der Waals surface area contributed by atoms with Crippen LogP contribution in [-0.2, 0) is 8.87 Å². The molecule has 0 saturated heterocycles. The minimum atomic E-state index is -1.55. The van der Waals surface area contributed by atoms with Gasteiger partial charge in [-0.05, 0) is 11.1 Å². The minimum absolute atomic E-state index is 0.401. The number of carboxylic acids is 1. The maximum absolute atomic E-state index is 10.8. The highest BCUT2D eigenvalue weighted by atomic mass is 32.2. The third-order valence-corrected chi connectivity index (χ3v) is 2.63. The Hall–Kier alpha value is -1.30. The molecule has 1 rings (SSSR count). The van der Waals surface area contributed by atoms with E-state index in [0.29, 0.717) is 11.3 Å². The molecule has 0 aliphatic heterocycles. The summed E-state index contributed by atoms with van der Waals surface area (Å²) in [6.45, 7) is 0. The van der Waals surface area contributed by atoms with Crippen LogP contribution >= 0.6 is 25.3 Å². The van der Waals surface area contributed by atoms with Crippen LogP contribution in [0.4, 0.5) is 5.69 Å². The molecule has 0 aliphatic carbocycles. The fraction of sp³-hybridized carbons (Fsp3) is 0.125. The summed E-state index contributed by atoms with van der Waals surface area (Å²) in [6, 6.07) is 5.99. The normalized spacial score (nSPS) is 10.5. The molecule has 0 saturated carbocycles. The molecule has 0 heterocycles. The lowest BCUT2D eigenvalue weighted by Gasteiger charge is -2.17. The molecule has 0 spiro atoms. The summed E-state index contributed by atoms with van der Waals surface area (Å²) in [4.78, 5) is 13.4. The van der Waals surface area contributed by atoms with Crippen molar-refractivity contribution in [3.05, 3.63) is 40.3 Å². The van der Waals surface area contributed by atoms with Crippen LogP contribution in [0.15, 0.2) is 29.4 Å². The van der Waals surface area contributed by atoms with Crippen molar-refractivity contribution in [1.29, 1.82) is 0 Å². The maximum Gasteiger partial charge on any atom is 0.334 e. The van der Waals surface area contributed by atoms with Gasteiger partial charge < -0.3 is 5.11 Å². The first-order chi connectivity index (χ1) is 6.98. The van der Waals surface area contributed by atoms with Gasteiger partial charge in [-0.15, -0.1) is 25.3 Å². The summed E-state index contributed by atoms with van der Waals surface area (Å²) in [6.07, 6.45) is 0. The molecular formula is C8H7N3O2S2. The summed E-state index contributed by atoms with van der Waals surface area (Å²) in [5.41, 5.74) is 8.98. The fourth-order valence-corrected chi connectivity index (χ4v) is 1.23. The van der Waals surface area contributed by atoms with Crippen molar-refractivity contribution in [2.45, 2.75) is 4.08 Å². The van der Waals surface area contributed by atoms with Gasteiger partial charge in [0.15, 0.2) is 4.08 Å². The molecule has 15 heavy (non-hydrogen) atoms. The number of nitrogens with zero attached hydrogens (tertiary/aromatic N) is 3. The van der Waals surface area contributed by atoms with Crippen molar-refractivity contribution in [3.63, 3.8) is 0 Å². The molecule has 1 aromatic carbocycles. The quantitative estimate of drug-likeness (QED) is 0.250. The molecule has 0 fully saturated rings. The molecule has 1 N–H and O–H groups in total. The van der Waals surface area contributed by atoms with E-state index in [9.17, 15) is 4.79 Å². The number of hydrogen-bond acceptors (Lipinski definition) is 4. The molecule has 0 amide bonds. The van der Waals surface area contributed by atoms with E-state index in [-0.39, 0.29) is 0 Å². The SMILES string of the molecule is [N-]=[N+]=Nc1ccc(C(S)(S)C(=O)O)cc1. The number of carboxylic acid groups (broad SMARTS) is 1. The second-order valence-corrected chi connectivity index (χ2v) is 4.41. The number of hydrogen-bond donors (Lipinski definition) is 3. The van der Waals surface area contributed by atoms with Crippen molar-refractivity contribution in [2.24, 2.45) is 5.11 Å². The largest absolute Gasteiger partial charge is 0.479 e. The van der Waals surface area contributed by atoms with Crippen LogP contribution in [0.3, 0.4) is 0 Å². The van der Waals surface area contributed by atoms with Gasteiger partial charge in [0.2, 0.25) is 0 Å². The smallest absolute Gasteiger partial charge is 0.334 e. The standard InChI is InChI=1S/C8H7N3O2S2/c9-11-10-6-3-1-5(2-4-6)8(14,15)7(12)13/h1-4,14-15H,(H,12,13). The summed E-state index contributed by atoms with van der Waals surface area (Å²) in [5.74, 6) is -1.16. The number of rotatable bonds is 3. The van der Waals surface area contributed by atoms with Gasteiger partial charge >= 0.3 is 5.97 Å². The van der Waals surface area contributed by atoms with E-state index in [1.165, 1.54) is 24.3 Å². The number of carbonyl (C=O) groups is 1. The Morgan fingerprint density at radius 3 is 2.33 bits per heavy atom. The highest BCUT2D eigenvalue weighted by Crippen LogP contribution is 2.33. The van der Waals surface area contributed by atoms with Crippen LogP contribution in [0, 0.1) is 0 Å². The fourth-order valence-electron chi connectivity index (χ4n) is 0.936. The van der Waals surface area contributed by atoms with Crippen LogP contribution in [0.1, 0.15) is 5.56 Å². The van der Waals surface area contributed by atoms with Crippen LogP contribution in [0.5, 0.6) is 0 Å². The summed E-state index contributed by atoms with van der Waals surface area (Å²) in [7, 11) is 0. The summed E-state index contributed by atoms with van der Waals surface area (Å²) < 4.78 is -1.55. The molecule has 0 atom stereocenters. The minimum Gasteiger partial charge on any atom is -0.479 e. The van der Waals surface area contributed by atoms with Crippen LogP contribution in [-0.4, -0.2) is 11.1 Å². The summed E-state index contributed by atoms with van der Waals surface area (Å²) in [5, 5.41) is 12.2. The van der Waals surface area contributed by atoms with Gasteiger partial charge in [0.1, 0.15) is 0 Å². The van der Waals surface area contributed by atoms with Gasteiger partial charge in [-0.3, -0.25) is 0 Å². The Morgan fingerprint density at radius 1 is 1.40 bits per heavy atom. The van der Waals surface area contributed by atoms with Crippen molar-refractivity contribution < 1.29 is 9.90 Å². The highest BCUT2D eigenvalue weighted by molar-refractivity contribution is 8.01. The number of aliphatic carboxylic acids is 1. The van der Waals surface area contributed by atoms with E-state index in [4.69, 9.17) is 10.6 Å². The number of azide groups is 1. The zero-order valence-electron chi connectivity index (χ0n) is 7.40. The Bertz CT molecular complexity index is 424. The second kappa shape index (κ2) is 4.48. The topological polar surface area (TPSA) is 86.1 Å². The molecule has 0 bridgehead atoms. The number of thiol groups is 2. The lowest BCUT2D eigenvalue weighted by molar-refractivity contribution is -0.137. The first-order valence-corrected chi connectivity index (χ1v) is 4.71. The molecular weight excluding hydrogens is 234 g/mol. The number of benzene rings is 1. The molecule has 5 nitrogen and oxygen atoms in total. The molecule has 0 aliphatic rings. The average molecular weight is 241 g/mol. The van der Waals surface area contributed by atoms with Gasteiger partial charge in [0, 0.05) is 10.6 Å². The van der Waals surface area contributed by atoms with Crippen LogP contribution < -0.4 is 0 Å². The first-order valence-electron chi connectivity index (χ1n) is 3.82. The van der Waals surface area contributed by atoms with E-state index in [1.807, 2.05) is 0 Å². The first kappa shape index (κ1) is 11.8. The molecule has 0 unspecified atom stereocenters. The second-order valence-electron chi connectivity index (χ2n) is 2.71. The van der Waals surface area contributed by atoms with Crippen molar-refractivity contribution >= 4 is 36.9 Å². The predicted octanol–water partition coefficient (Wildman–Crippen LogP) is 2.73. The lowest BCUT2D eigenvalue weighted by atomic mass is 10.1. The van der Waals surface area contributed by atoms with Crippen LogP contribution in [0.2, 0.25) is 0 Å². The predicted molar refractivity (Wildman–Crippen MR) is 62.5 cm³/mol. The van der Waals surface area contributed by atoms with Crippen molar-refractivity contribution in [1.82, 2.24) is 0 Å². The van der Waals surface area contributed by atoms with Gasteiger partial charge in [0.25, 0.3) is 0 Å². The molecule has 0 aromatic heterocycles. The van der Waals surface area contributed by atoms with Gasteiger partial charge in [-0.2, -0.15) is 0 Å². The third kappa shape index (κ3) is 2.59. The molecule has 78 valence electrons. The Labute approximate surface area is 96.6 Å². The lowest BCUT2D eigenvalue weighted by Crippen LogP contribution is -2.22. The Balaban J connectivity index is 3.08. The zero-order chi connectivity index (χ0) is 11.5. The Kier molecular flexibility index (Phi) is 3.52.